The molecule has 0 saturated heterocycles. The van der Waals surface area contributed by atoms with Crippen molar-refractivity contribution < 1.29 is 24.1 Å². The highest BCUT2D eigenvalue weighted by molar-refractivity contribution is 6.15. The van der Waals surface area contributed by atoms with Crippen LogP contribution < -0.4 is 0 Å². The van der Waals surface area contributed by atoms with Gasteiger partial charge in [0.15, 0.2) is 5.79 Å². The predicted octanol–water partition coefficient (Wildman–Crippen LogP) is 3.61. The highest BCUT2D eigenvalue weighted by Gasteiger charge is 2.67. The Morgan fingerprint density at radius 2 is 2.00 bits per heavy atom. The van der Waals surface area contributed by atoms with Gasteiger partial charge in [-0.15, -0.1) is 0 Å². The van der Waals surface area contributed by atoms with Gasteiger partial charge < -0.3 is 4.74 Å². The normalized spacial score (nSPS) is 34.3. The van der Waals surface area contributed by atoms with Gasteiger partial charge >= 0.3 is 0 Å². The van der Waals surface area contributed by atoms with Crippen molar-refractivity contribution in [1.29, 1.82) is 0 Å². The molecule has 6 heteroatoms. The van der Waals surface area contributed by atoms with E-state index in [-0.39, 0.29) is 22.8 Å². The van der Waals surface area contributed by atoms with Crippen molar-refractivity contribution in [3.8, 4) is 0 Å². The molecule has 4 unspecified atom stereocenters. The molecule has 152 valence electrons. The lowest BCUT2D eigenvalue weighted by molar-refractivity contribution is -0.506. The molecular formula is C21H33NO5. The number of rotatable bonds is 8. The Morgan fingerprint density at radius 3 is 2.52 bits per heavy atom. The fraction of sp³-hybridized carbons (Fsp3) is 0.810. The molecule has 0 aromatic carbocycles. The summed E-state index contributed by atoms with van der Waals surface area (Å²) in [7, 11) is 1.60. The maximum absolute atomic E-state index is 12.0. The average molecular weight is 379 g/mol. The molecule has 3 aliphatic carbocycles. The van der Waals surface area contributed by atoms with Gasteiger partial charge in [0.1, 0.15) is 5.60 Å². The van der Waals surface area contributed by atoms with Crippen LogP contribution in [0.4, 0.5) is 0 Å². The van der Waals surface area contributed by atoms with E-state index in [0.29, 0.717) is 36.8 Å². The number of hydrogen-bond acceptors (Lipinski definition) is 5. The molecule has 3 fully saturated rings. The molecule has 6 nitrogen and oxygen atoms in total. The summed E-state index contributed by atoms with van der Waals surface area (Å²) < 4.78 is 5.59. The van der Waals surface area contributed by atoms with Crippen molar-refractivity contribution in [2.24, 2.45) is 17.3 Å². The van der Waals surface area contributed by atoms with Crippen molar-refractivity contribution in [3.05, 3.63) is 11.6 Å². The van der Waals surface area contributed by atoms with Crippen molar-refractivity contribution in [1.82, 2.24) is 4.90 Å². The number of imide groups is 1. The zero-order valence-electron chi connectivity index (χ0n) is 17.5. The van der Waals surface area contributed by atoms with E-state index in [9.17, 15) is 9.59 Å². The lowest BCUT2D eigenvalue weighted by Crippen LogP contribution is -2.68. The van der Waals surface area contributed by atoms with Gasteiger partial charge in [0.2, 0.25) is 0 Å². The maximum Gasteiger partial charge on any atom is 0.256 e. The lowest BCUT2D eigenvalue weighted by atomic mass is 9.43. The SMILES string of the molecule is COC(C)(CCCN1C(=O)C=C(C)C1=O)OOC12CC(CCC1C)C2(C)C. The minimum atomic E-state index is -0.915. The van der Waals surface area contributed by atoms with E-state index in [4.69, 9.17) is 14.5 Å². The third-order valence-corrected chi connectivity index (χ3v) is 7.40. The molecule has 2 bridgehead atoms. The second-order valence-electron chi connectivity index (χ2n) is 9.22. The van der Waals surface area contributed by atoms with Crippen LogP contribution in [-0.4, -0.2) is 41.8 Å². The summed E-state index contributed by atoms with van der Waals surface area (Å²) in [6.07, 6.45) is 5.94. The van der Waals surface area contributed by atoms with Gasteiger partial charge in [-0.3, -0.25) is 14.5 Å². The predicted molar refractivity (Wildman–Crippen MR) is 100 cm³/mol. The van der Waals surface area contributed by atoms with Gasteiger partial charge in [0.05, 0.1) is 0 Å². The minimum Gasteiger partial charge on any atom is -0.351 e. The minimum absolute atomic E-state index is 0.0942. The fourth-order valence-corrected chi connectivity index (χ4v) is 5.05. The molecule has 0 aromatic rings. The van der Waals surface area contributed by atoms with Crippen LogP contribution in [0.3, 0.4) is 0 Å². The maximum atomic E-state index is 12.0. The van der Waals surface area contributed by atoms with Crippen LogP contribution in [-0.2, 0) is 24.1 Å². The van der Waals surface area contributed by atoms with E-state index in [1.54, 1.807) is 14.0 Å². The summed E-state index contributed by atoms with van der Waals surface area (Å²) in [6.45, 7) is 10.6. The molecule has 0 N–H and O–H groups in total. The fourth-order valence-electron chi connectivity index (χ4n) is 5.05. The second kappa shape index (κ2) is 6.98. The van der Waals surface area contributed by atoms with Crippen LogP contribution in [0.25, 0.3) is 0 Å². The second-order valence-corrected chi connectivity index (χ2v) is 9.22. The van der Waals surface area contributed by atoms with Crippen LogP contribution in [0.1, 0.15) is 66.7 Å². The van der Waals surface area contributed by atoms with E-state index in [1.165, 1.54) is 17.4 Å². The summed E-state index contributed by atoms with van der Waals surface area (Å²) in [6, 6.07) is 0. The Balaban J connectivity index is 1.55. The van der Waals surface area contributed by atoms with Gasteiger partial charge in [0, 0.05) is 37.1 Å². The number of ether oxygens (including phenoxy) is 1. The summed E-state index contributed by atoms with van der Waals surface area (Å²) >= 11 is 0. The van der Waals surface area contributed by atoms with Crippen LogP contribution in [0.15, 0.2) is 11.6 Å². The molecule has 1 aliphatic heterocycles. The highest BCUT2D eigenvalue weighted by atomic mass is 17.2. The van der Waals surface area contributed by atoms with Crippen molar-refractivity contribution >= 4 is 11.8 Å². The third-order valence-electron chi connectivity index (χ3n) is 7.40. The quantitative estimate of drug-likeness (QED) is 0.279. The largest absolute Gasteiger partial charge is 0.351 e. The van der Waals surface area contributed by atoms with Gasteiger partial charge in [0.25, 0.3) is 11.8 Å². The number of methoxy groups -OCH3 is 1. The zero-order valence-corrected chi connectivity index (χ0v) is 17.5. The number of carbonyl (C=O) groups excluding carboxylic acids is 2. The first-order valence-corrected chi connectivity index (χ1v) is 10.0. The molecular weight excluding hydrogens is 346 g/mol. The molecule has 0 spiro atoms. The molecule has 0 aromatic heterocycles. The number of nitrogens with zero attached hydrogens (tertiary/aromatic N) is 1. The van der Waals surface area contributed by atoms with Crippen LogP contribution in [0.2, 0.25) is 0 Å². The Morgan fingerprint density at radius 1 is 1.30 bits per heavy atom. The van der Waals surface area contributed by atoms with Gasteiger partial charge in [-0.25, -0.2) is 9.78 Å². The summed E-state index contributed by atoms with van der Waals surface area (Å²) in [5.41, 5.74) is 0.315. The molecule has 1 heterocycles. The van der Waals surface area contributed by atoms with Crippen molar-refractivity contribution in [2.75, 3.05) is 13.7 Å². The Hall–Kier alpha value is -1.24. The standard InChI is InChI=1S/C21H33NO5/c1-14-12-17(23)22(18(14)24)11-7-10-20(5,25-6)26-27-21-13-16(19(21,3)4)9-8-15(21)2/h12,15-16H,7-11,13H2,1-6H3. The Bertz CT molecular complexity index is 657. The first-order chi connectivity index (χ1) is 12.6. The summed E-state index contributed by atoms with van der Waals surface area (Å²) in [4.78, 5) is 37.1. The smallest absolute Gasteiger partial charge is 0.256 e. The van der Waals surface area contributed by atoms with Crippen molar-refractivity contribution in [3.63, 3.8) is 0 Å². The van der Waals surface area contributed by atoms with Gasteiger partial charge in [-0.2, -0.15) is 0 Å². The molecule has 4 aliphatic rings. The van der Waals surface area contributed by atoms with E-state index in [1.807, 2.05) is 6.92 Å². The van der Waals surface area contributed by atoms with Crippen LogP contribution >= 0.6 is 0 Å². The molecule has 3 saturated carbocycles. The van der Waals surface area contributed by atoms with Crippen LogP contribution in [0.5, 0.6) is 0 Å². The zero-order chi connectivity index (χ0) is 20.0. The molecule has 4 rings (SSSR count). The van der Waals surface area contributed by atoms with Gasteiger partial charge in [-0.1, -0.05) is 20.8 Å². The molecule has 27 heavy (non-hydrogen) atoms. The Labute approximate surface area is 162 Å². The number of fused-ring (bicyclic) bond motifs is 2. The number of carbonyl (C=O) groups is 2. The van der Waals surface area contributed by atoms with E-state index >= 15 is 0 Å². The highest BCUT2D eigenvalue weighted by Crippen LogP contribution is 2.66. The Kier molecular flexibility index (Phi) is 5.30. The third kappa shape index (κ3) is 3.26. The molecule has 2 amide bonds. The summed E-state index contributed by atoms with van der Waals surface area (Å²) in [5, 5.41) is 0. The van der Waals surface area contributed by atoms with Crippen molar-refractivity contribution in [2.45, 2.75) is 78.1 Å². The summed E-state index contributed by atoms with van der Waals surface area (Å²) in [5.74, 6) is -0.248. The first kappa shape index (κ1) is 20.5. The van der Waals surface area contributed by atoms with E-state index in [0.717, 1.165) is 12.8 Å². The van der Waals surface area contributed by atoms with Crippen LogP contribution in [0, 0.1) is 17.3 Å². The van der Waals surface area contributed by atoms with E-state index < -0.39 is 5.79 Å². The lowest BCUT2D eigenvalue weighted by Gasteiger charge is -2.66. The number of hydrogen-bond donors (Lipinski definition) is 0. The monoisotopic (exact) mass is 379 g/mol. The first-order valence-electron chi connectivity index (χ1n) is 10.0. The van der Waals surface area contributed by atoms with Gasteiger partial charge in [-0.05, 0) is 51.4 Å². The van der Waals surface area contributed by atoms with E-state index in [2.05, 4.69) is 20.8 Å². The number of amides is 2. The average Bonchev–Trinajstić information content (AvgIpc) is 2.86. The molecule has 0 radical (unpaired) electrons. The molecule has 4 atom stereocenters. The topological polar surface area (TPSA) is 65.1 Å².